The number of nitrogens with zero attached hydrogens (tertiary/aromatic N) is 1. The van der Waals surface area contributed by atoms with Crippen molar-refractivity contribution >= 4 is 22.4 Å². The molecule has 4 nitrogen and oxygen atoms in total. The summed E-state index contributed by atoms with van der Waals surface area (Å²) in [5.41, 5.74) is 0.315. The van der Waals surface area contributed by atoms with Gasteiger partial charge in [-0.3, -0.25) is 4.79 Å². The molecule has 1 amide bonds. The number of rotatable bonds is 4. The quantitative estimate of drug-likeness (QED) is 0.891. The second-order valence-corrected chi connectivity index (χ2v) is 6.72. The maximum atomic E-state index is 12.0. The maximum absolute atomic E-state index is 12.0. The summed E-state index contributed by atoms with van der Waals surface area (Å²) in [7, 11) is 0. The fourth-order valence-electron chi connectivity index (χ4n) is 2.76. The Balaban J connectivity index is 1.54. The van der Waals surface area contributed by atoms with E-state index in [1.54, 1.807) is 0 Å². The molecule has 0 unspecified atom stereocenters. The lowest BCUT2D eigenvalue weighted by atomic mass is 9.82. The molecular formula is C14H20N2O2S. The smallest absolute Gasteiger partial charge is 0.229 e. The number of nitrogens with one attached hydrogen (secondary N) is 1. The average molecular weight is 280 g/mol. The van der Waals surface area contributed by atoms with E-state index in [1.165, 1.54) is 30.6 Å². The monoisotopic (exact) mass is 280 g/mol. The highest BCUT2D eigenvalue weighted by Gasteiger charge is 2.32. The Kier molecular flexibility index (Phi) is 3.58. The highest BCUT2D eigenvalue weighted by Crippen LogP contribution is 2.41. The van der Waals surface area contributed by atoms with Gasteiger partial charge in [0, 0.05) is 11.3 Å². The molecule has 19 heavy (non-hydrogen) atoms. The number of carbonyl (C=O) groups excluding carboxylic acids is 1. The Bertz CT molecular complexity index is 462. The van der Waals surface area contributed by atoms with E-state index in [-0.39, 0.29) is 12.3 Å². The van der Waals surface area contributed by atoms with E-state index >= 15 is 0 Å². The molecule has 2 fully saturated rings. The number of carbonyl (C=O) groups is 1. The van der Waals surface area contributed by atoms with Crippen LogP contribution in [0.3, 0.4) is 0 Å². The molecule has 0 radical (unpaired) electrons. The van der Waals surface area contributed by atoms with Crippen molar-refractivity contribution in [3.63, 3.8) is 0 Å². The summed E-state index contributed by atoms with van der Waals surface area (Å²) in [5.74, 6) is 0.505. The highest BCUT2D eigenvalue weighted by atomic mass is 32.1. The molecule has 0 spiro atoms. The summed E-state index contributed by atoms with van der Waals surface area (Å²) >= 11 is 1.48. The van der Waals surface area contributed by atoms with Crippen molar-refractivity contribution in [2.75, 3.05) is 5.32 Å². The van der Waals surface area contributed by atoms with Gasteiger partial charge < -0.3 is 10.4 Å². The molecule has 3 rings (SSSR count). The van der Waals surface area contributed by atoms with E-state index in [0.717, 1.165) is 31.4 Å². The van der Waals surface area contributed by atoms with E-state index in [2.05, 4.69) is 10.3 Å². The first-order valence-electron chi connectivity index (χ1n) is 7.12. The molecule has 0 saturated heterocycles. The van der Waals surface area contributed by atoms with Gasteiger partial charge in [-0.05, 0) is 25.7 Å². The molecule has 5 heteroatoms. The third kappa shape index (κ3) is 3.34. The lowest BCUT2D eigenvalue weighted by Gasteiger charge is -2.31. The van der Waals surface area contributed by atoms with Gasteiger partial charge in [0.05, 0.1) is 17.7 Å². The van der Waals surface area contributed by atoms with Crippen LogP contribution in [0.4, 0.5) is 5.13 Å². The zero-order chi connectivity index (χ0) is 13.3. The Labute approximate surface area is 117 Å². The number of anilines is 1. The van der Waals surface area contributed by atoms with E-state index in [0.29, 0.717) is 11.0 Å². The Hall–Kier alpha value is -0.940. The minimum Gasteiger partial charge on any atom is -0.389 e. The predicted molar refractivity (Wildman–Crippen MR) is 75.4 cm³/mol. The molecule has 0 atom stereocenters. The van der Waals surface area contributed by atoms with Crippen LogP contribution in [-0.2, 0) is 4.79 Å². The Morgan fingerprint density at radius 3 is 2.84 bits per heavy atom. The van der Waals surface area contributed by atoms with Crippen LogP contribution in [-0.4, -0.2) is 21.6 Å². The minimum absolute atomic E-state index is 0.110. The van der Waals surface area contributed by atoms with Crippen molar-refractivity contribution < 1.29 is 9.90 Å². The SMILES string of the molecule is O=C(CC1(O)CCCCC1)Nc1nc(C2CC2)cs1. The Morgan fingerprint density at radius 1 is 1.42 bits per heavy atom. The molecule has 0 aromatic carbocycles. The zero-order valence-corrected chi connectivity index (χ0v) is 11.8. The molecule has 2 N–H and O–H groups in total. The van der Waals surface area contributed by atoms with Crippen LogP contribution in [0.15, 0.2) is 5.38 Å². The van der Waals surface area contributed by atoms with Gasteiger partial charge in [-0.25, -0.2) is 4.98 Å². The second kappa shape index (κ2) is 5.21. The fourth-order valence-corrected chi connectivity index (χ4v) is 3.57. The van der Waals surface area contributed by atoms with E-state index in [1.807, 2.05) is 5.38 Å². The molecule has 0 aliphatic heterocycles. The maximum Gasteiger partial charge on any atom is 0.229 e. The van der Waals surface area contributed by atoms with Gasteiger partial charge in [0.1, 0.15) is 0 Å². The lowest BCUT2D eigenvalue weighted by Crippen LogP contribution is -2.35. The third-order valence-corrected chi connectivity index (χ3v) is 4.81. The van der Waals surface area contributed by atoms with Gasteiger partial charge in [0.15, 0.2) is 5.13 Å². The van der Waals surface area contributed by atoms with Crippen LogP contribution in [0.2, 0.25) is 0 Å². The van der Waals surface area contributed by atoms with Crippen molar-refractivity contribution in [1.82, 2.24) is 4.98 Å². The molecule has 1 aromatic heterocycles. The van der Waals surface area contributed by atoms with Crippen molar-refractivity contribution in [2.45, 2.75) is 62.9 Å². The van der Waals surface area contributed by atoms with E-state index in [4.69, 9.17) is 0 Å². The summed E-state index contributed by atoms with van der Waals surface area (Å²) in [6.07, 6.45) is 7.33. The molecule has 2 aliphatic rings. The van der Waals surface area contributed by atoms with Crippen LogP contribution in [0.25, 0.3) is 0 Å². The summed E-state index contributed by atoms with van der Waals surface area (Å²) < 4.78 is 0. The average Bonchev–Trinajstić information content (AvgIpc) is 3.11. The Morgan fingerprint density at radius 2 is 2.16 bits per heavy atom. The van der Waals surface area contributed by atoms with Gasteiger partial charge >= 0.3 is 0 Å². The number of thiazole rings is 1. The van der Waals surface area contributed by atoms with Gasteiger partial charge in [-0.1, -0.05) is 19.3 Å². The topological polar surface area (TPSA) is 62.2 Å². The highest BCUT2D eigenvalue weighted by molar-refractivity contribution is 7.13. The number of aromatic nitrogens is 1. The van der Waals surface area contributed by atoms with E-state index < -0.39 is 5.60 Å². The third-order valence-electron chi connectivity index (χ3n) is 4.04. The number of aliphatic hydroxyl groups is 1. The second-order valence-electron chi connectivity index (χ2n) is 5.86. The number of amides is 1. The van der Waals surface area contributed by atoms with Crippen LogP contribution < -0.4 is 5.32 Å². The summed E-state index contributed by atoms with van der Waals surface area (Å²) in [6.45, 7) is 0. The molecule has 1 heterocycles. The normalized spacial score (nSPS) is 22.2. The van der Waals surface area contributed by atoms with Crippen LogP contribution in [0.1, 0.15) is 63.0 Å². The van der Waals surface area contributed by atoms with Gasteiger partial charge in [0.25, 0.3) is 0 Å². The fraction of sp³-hybridized carbons (Fsp3) is 0.714. The largest absolute Gasteiger partial charge is 0.389 e. The van der Waals surface area contributed by atoms with Gasteiger partial charge in [0.2, 0.25) is 5.91 Å². The van der Waals surface area contributed by atoms with Crippen molar-refractivity contribution in [2.24, 2.45) is 0 Å². The zero-order valence-electron chi connectivity index (χ0n) is 11.0. The summed E-state index contributed by atoms with van der Waals surface area (Å²) in [4.78, 5) is 16.4. The molecule has 0 bridgehead atoms. The summed E-state index contributed by atoms with van der Waals surface area (Å²) in [5, 5.41) is 15.9. The first-order chi connectivity index (χ1) is 9.15. The van der Waals surface area contributed by atoms with Crippen LogP contribution >= 0.6 is 11.3 Å². The minimum atomic E-state index is -0.793. The first-order valence-corrected chi connectivity index (χ1v) is 8.00. The molecule has 2 saturated carbocycles. The standard InChI is InChI=1S/C14H20N2O2S/c17-12(8-14(18)6-2-1-3-7-14)16-13-15-11(9-19-13)10-4-5-10/h9-10,18H,1-8H2,(H,15,16,17). The van der Waals surface area contributed by atoms with Crippen molar-refractivity contribution in [3.8, 4) is 0 Å². The lowest BCUT2D eigenvalue weighted by molar-refractivity contribution is -0.122. The predicted octanol–water partition coefficient (Wildman–Crippen LogP) is 3.04. The van der Waals surface area contributed by atoms with Crippen molar-refractivity contribution in [1.29, 1.82) is 0 Å². The van der Waals surface area contributed by atoms with Gasteiger partial charge in [-0.15, -0.1) is 11.3 Å². The van der Waals surface area contributed by atoms with Crippen LogP contribution in [0.5, 0.6) is 0 Å². The number of hydrogen-bond acceptors (Lipinski definition) is 4. The number of hydrogen-bond donors (Lipinski definition) is 2. The van der Waals surface area contributed by atoms with Gasteiger partial charge in [-0.2, -0.15) is 0 Å². The molecule has 1 aromatic rings. The van der Waals surface area contributed by atoms with Crippen LogP contribution in [0, 0.1) is 0 Å². The molecule has 2 aliphatic carbocycles. The first kappa shape index (κ1) is 13.1. The van der Waals surface area contributed by atoms with Crippen molar-refractivity contribution in [3.05, 3.63) is 11.1 Å². The molecular weight excluding hydrogens is 260 g/mol. The summed E-state index contributed by atoms with van der Waals surface area (Å²) in [6, 6.07) is 0. The van der Waals surface area contributed by atoms with E-state index in [9.17, 15) is 9.90 Å². The molecule has 104 valence electrons.